The number of hydrogen-bond donors (Lipinski definition) is 2. The molecule has 0 spiro atoms. The fourth-order valence-corrected chi connectivity index (χ4v) is 2.01. The number of halogens is 2. The molecular weight excluding hydrogens is 275 g/mol. The second kappa shape index (κ2) is 5.54. The smallest absolute Gasteiger partial charge is 0.313 e. The number of nitrogens with zero attached hydrogens (tertiary/aromatic N) is 1. The maximum atomic E-state index is 12.9. The van der Waals surface area contributed by atoms with Crippen molar-refractivity contribution < 1.29 is 19.1 Å². The monoisotopic (exact) mass is 286 g/mol. The number of rotatable bonds is 1. The summed E-state index contributed by atoms with van der Waals surface area (Å²) in [5.74, 6) is -2.16. The lowest BCUT2D eigenvalue weighted by Crippen LogP contribution is -2.38. The molecule has 0 aromatic heterocycles. The van der Waals surface area contributed by atoms with Gasteiger partial charge in [-0.2, -0.15) is 0 Å². The third-order valence-corrected chi connectivity index (χ3v) is 3.11. The molecule has 1 fully saturated rings. The Hall–Kier alpha value is -1.66. The van der Waals surface area contributed by atoms with Gasteiger partial charge in [0.25, 0.3) is 0 Å². The Kier molecular flexibility index (Phi) is 4.01. The van der Waals surface area contributed by atoms with Crippen molar-refractivity contribution in [3.8, 4) is 0 Å². The Morgan fingerprint density at radius 1 is 1.47 bits per heavy atom. The molecule has 0 aliphatic carbocycles. The number of nitrogens with one attached hydrogen (secondary N) is 1. The summed E-state index contributed by atoms with van der Waals surface area (Å²) < 4.78 is 12.9. The van der Waals surface area contributed by atoms with E-state index in [-0.39, 0.29) is 17.3 Å². The first kappa shape index (κ1) is 13.8. The van der Waals surface area contributed by atoms with Crippen LogP contribution >= 0.6 is 11.6 Å². The van der Waals surface area contributed by atoms with Gasteiger partial charge in [-0.1, -0.05) is 11.6 Å². The molecule has 0 bridgehead atoms. The van der Waals surface area contributed by atoms with Gasteiger partial charge < -0.3 is 15.3 Å². The summed E-state index contributed by atoms with van der Waals surface area (Å²) in [6.07, 6.45) is -0.126. The van der Waals surface area contributed by atoms with E-state index in [9.17, 15) is 19.1 Å². The summed E-state index contributed by atoms with van der Waals surface area (Å²) in [6.45, 7) is 0.494. The molecule has 1 aromatic carbocycles. The van der Waals surface area contributed by atoms with E-state index in [1.165, 1.54) is 17.0 Å². The summed E-state index contributed by atoms with van der Waals surface area (Å²) in [4.78, 5) is 24.7. The Balaban J connectivity index is 2.00. The lowest BCUT2D eigenvalue weighted by molar-refractivity contribution is -0.142. The number of anilines is 1. The molecule has 2 rings (SSSR count). The second-order valence-electron chi connectivity index (χ2n) is 4.28. The lowest BCUT2D eigenvalue weighted by atomic mass is 10.3. The highest BCUT2D eigenvalue weighted by molar-refractivity contribution is 6.39. The average Bonchev–Trinajstić information content (AvgIpc) is 2.79. The predicted octanol–water partition coefficient (Wildman–Crippen LogP) is 1.01. The first-order valence-electron chi connectivity index (χ1n) is 5.71. The summed E-state index contributed by atoms with van der Waals surface area (Å²) in [5.41, 5.74) is 0.240. The highest BCUT2D eigenvalue weighted by Gasteiger charge is 2.28. The molecule has 1 atom stereocenters. The minimum absolute atomic E-state index is 0.137. The number of benzene rings is 1. The van der Waals surface area contributed by atoms with Crippen LogP contribution in [0.1, 0.15) is 6.42 Å². The number of likely N-dealkylation sites (tertiary alicyclic amines) is 1. The third kappa shape index (κ3) is 3.21. The van der Waals surface area contributed by atoms with E-state index in [0.717, 1.165) is 6.07 Å². The fourth-order valence-electron chi connectivity index (χ4n) is 1.83. The van der Waals surface area contributed by atoms with Gasteiger partial charge in [-0.05, 0) is 24.6 Å². The van der Waals surface area contributed by atoms with Crippen molar-refractivity contribution in [3.63, 3.8) is 0 Å². The number of aliphatic hydroxyl groups is 1. The topological polar surface area (TPSA) is 69.6 Å². The van der Waals surface area contributed by atoms with Gasteiger partial charge in [0, 0.05) is 18.8 Å². The maximum Gasteiger partial charge on any atom is 0.313 e. The number of β-amino-alcohol motifs (C(OH)–C–C–N with tert-alkyl or cyclic N) is 1. The van der Waals surface area contributed by atoms with Gasteiger partial charge in [0.05, 0.1) is 11.1 Å². The van der Waals surface area contributed by atoms with E-state index in [1.54, 1.807) is 0 Å². The number of hydrogen-bond acceptors (Lipinski definition) is 3. The summed E-state index contributed by atoms with van der Waals surface area (Å²) in [5, 5.41) is 11.5. The van der Waals surface area contributed by atoms with E-state index in [4.69, 9.17) is 11.6 Å². The number of amides is 2. The zero-order valence-electron chi connectivity index (χ0n) is 9.90. The van der Waals surface area contributed by atoms with E-state index < -0.39 is 23.7 Å². The zero-order chi connectivity index (χ0) is 14.0. The van der Waals surface area contributed by atoms with Gasteiger partial charge in [0.1, 0.15) is 5.82 Å². The summed E-state index contributed by atoms with van der Waals surface area (Å²) in [6, 6.07) is 3.63. The van der Waals surface area contributed by atoms with Crippen LogP contribution in [0, 0.1) is 5.82 Å². The van der Waals surface area contributed by atoms with Crippen LogP contribution in [0.15, 0.2) is 18.2 Å². The Morgan fingerprint density at radius 3 is 2.79 bits per heavy atom. The summed E-state index contributed by atoms with van der Waals surface area (Å²) >= 11 is 5.57. The fraction of sp³-hybridized carbons (Fsp3) is 0.333. The molecule has 1 heterocycles. The molecule has 19 heavy (non-hydrogen) atoms. The minimum Gasteiger partial charge on any atom is -0.391 e. The minimum atomic E-state index is -0.836. The van der Waals surface area contributed by atoms with Crippen molar-refractivity contribution in [1.29, 1.82) is 0 Å². The molecule has 1 aliphatic heterocycles. The van der Waals surface area contributed by atoms with Gasteiger partial charge in [-0.15, -0.1) is 0 Å². The number of carbonyl (C=O) groups is 2. The molecule has 7 heteroatoms. The molecule has 5 nitrogen and oxygen atoms in total. The molecule has 2 amide bonds. The highest BCUT2D eigenvalue weighted by Crippen LogP contribution is 2.19. The standard InChI is InChI=1S/C12H12ClFN2O3/c13-9-5-7(1-2-10(9)14)15-11(18)12(19)16-4-3-8(17)6-16/h1-2,5,8,17H,3-4,6H2,(H,15,18)/t8-/m0/s1. The largest absolute Gasteiger partial charge is 0.391 e. The molecule has 1 aromatic rings. The maximum absolute atomic E-state index is 12.9. The van der Waals surface area contributed by atoms with Crippen molar-refractivity contribution in [2.24, 2.45) is 0 Å². The quantitative estimate of drug-likeness (QED) is 0.757. The first-order valence-corrected chi connectivity index (χ1v) is 6.08. The first-order chi connectivity index (χ1) is 8.97. The molecule has 0 radical (unpaired) electrons. The van der Waals surface area contributed by atoms with Crippen molar-refractivity contribution in [1.82, 2.24) is 4.90 Å². The molecule has 0 unspecified atom stereocenters. The van der Waals surface area contributed by atoms with Gasteiger partial charge in [0.2, 0.25) is 0 Å². The van der Waals surface area contributed by atoms with Crippen molar-refractivity contribution in [2.75, 3.05) is 18.4 Å². The van der Waals surface area contributed by atoms with Crippen LogP contribution in [-0.2, 0) is 9.59 Å². The van der Waals surface area contributed by atoms with Gasteiger partial charge >= 0.3 is 11.8 Å². The molecule has 1 saturated heterocycles. The van der Waals surface area contributed by atoms with Crippen LogP contribution in [-0.4, -0.2) is 41.0 Å². The molecule has 2 N–H and O–H groups in total. The van der Waals surface area contributed by atoms with Crippen molar-refractivity contribution in [3.05, 3.63) is 29.0 Å². The van der Waals surface area contributed by atoms with Crippen LogP contribution < -0.4 is 5.32 Å². The van der Waals surface area contributed by atoms with E-state index in [2.05, 4.69) is 5.32 Å². The Labute approximate surface area is 114 Å². The normalized spacial score (nSPS) is 18.5. The lowest BCUT2D eigenvalue weighted by Gasteiger charge is -2.14. The Morgan fingerprint density at radius 2 is 2.21 bits per heavy atom. The SMILES string of the molecule is O=C(Nc1ccc(F)c(Cl)c1)C(=O)N1CC[C@H](O)C1. The number of aliphatic hydroxyl groups excluding tert-OH is 1. The molecule has 1 aliphatic rings. The van der Waals surface area contributed by atoms with E-state index in [0.29, 0.717) is 13.0 Å². The molecule has 102 valence electrons. The molecule has 0 saturated carbocycles. The van der Waals surface area contributed by atoms with E-state index in [1.807, 2.05) is 0 Å². The van der Waals surface area contributed by atoms with Crippen LogP contribution in [0.4, 0.5) is 10.1 Å². The van der Waals surface area contributed by atoms with Crippen LogP contribution in [0.2, 0.25) is 5.02 Å². The zero-order valence-corrected chi connectivity index (χ0v) is 10.7. The average molecular weight is 287 g/mol. The van der Waals surface area contributed by atoms with Crippen molar-refractivity contribution >= 4 is 29.1 Å². The summed E-state index contributed by atoms with van der Waals surface area (Å²) in [7, 11) is 0. The Bertz CT molecular complexity index is 524. The molecular formula is C12H12ClFN2O3. The predicted molar refractivity (Wildman–Crippen MR) is 67.2 cm³/mol. The van der Waals surface area contributed by atoms with Crippen LogP contribution in [0.3, 0.4) is 0 Å². The number of carbonyl (C=O) groups excluding carboxylic acids is 2. The van der Waals surface area contributed by atoms with Gasteiger partial charge in [-0.25, -0.2) is 4.39 Å². The highest BCUT2D eigenvalue weighted by atomic mass is 35.5. The van der Waals surface area contributed by atoms with Gasteiger partial charge in [0.15, 0.2) is 0 Å². The van der Waals surface area contributed by atoms with Crippen LogP contribution in [0.5, 0.6) is 0 Å². The second-order valence-corrected chi connectivity index (χ2v) is 4.68. The van der Waals surface area contributed by atoms with E-state index >= 15 is 0 Å². The van der Waals surface area contributed by atoms with Gasteiger partial charge in [-0.3, -0.25) is 9.59 Å². The van der Waals surface area contributed by atoms with Crippen LogP contribution in [0.25, 0.3) is 0 Å². The third-order valence-electron chi connectivity index (χ3n) is 2.82. The van der Waals surface area contributed by atoms with Crippen molar-refractivity contribution in [2.45, 2.75) is 12.5 Å².